The van der Waals surface area contributed by atoms with Crippen LogP contribution in [0.3, 0.4) is 0 Å². The van der Waals surface area contributed by atoms with Gasteiger partial charge in [0.2, 0.25) is 0 Å². The fraction of sp³-hybridized carbons (Fsp3) is 0.500. The van der Waals surface area contributed by atoms with E-state index in [1.54, 1.807) is 0 Å². The third-order valence-corrected chi connectivity index (χ3v) is 4.07. The van der Waals surface area contributed by atoms with Crippen LogP contribution >= 0.6 is 0 Å². The van der Waals surface area contributed by atoms with Gasteiger partial charge in [-0.2, -0.15) is 0 Å². The normalized spacial score (nSPS) is 16.1. The van der Waals surface area contributed by atoms with Gasteiger partial charge < -0.3 is 4.57 Å². The molecule has 1 aromatic heterocycles. The lowest BCUT2D eigenvalue weighted by molar-refractivity contribution is 0.111. The third-order valence-electron chi connectivity index (χ3n) is 4.07. The molecule has 1 aliphatic heterocycles. The lowest BCUT2D eigenvalue weighted by Gasteiger charge is -2.27. The zero-order valence-corrected chi connectivity index (χ0v) is 12.6. The van der Waals surface area contributed by atoms with E-state index in [0.29, 0.717) is 5.82 Å². The molecular weight excluding hydrogens is 250 g/mol. The molecule has 0 amide bonds. The Kier molecular flexibility index (Phi) is 4.55. The van der Waals surface area contributed by atoms with Gasteiger partial charge in [0.25, 0.3) is 0 Å². The number of aldehydes is 1. The molecule has 0 fully saturated rings. The fourth-order valence-corrected chi connectivity index (χ4v) is 2.78. The predicted molar refractivity (Wildman–Crippen MR) is 80.8 cm³/mol. The fourth-order valence-electron chi connectivity index (χ4n) is 2.78. The molecule has 0 saturated heterocycles. The summed E-state index contributed by atoms with van der Waals surface area (Å²) < 4.78 is 1.92. The number of carbonyl (C=O) groups excluding carboxylic acids is 1. The van der Waals surface area contributed by atoms with E-state index in [4.69, 9.17) is 0 Å². The number of allylic oxidation sites excluding steroid dienone is 2. The molecule has 0 aliphatic carbocycles. The molecule has 2 rings (SSSR count). The van der Waals surface area contributed by atoms with Crippen LogP contribution in [0, 0.1) is 0 Å². The molecule has 1 aliphatic rings. The maximum absolute atomic E-state index is 10.9. The molecule has 0 radical (unpaired) electrons. The molecule has 0 unspecified atom stereocenters. The summed E-state index contributed by atoms with van der Waals surface area (Å²) in [6, 6.07) is 0. The molecule has 0 bridgehead atoms. The van der Waals surface area contributed by atoms with Crippen molar-refractivity contribution in [2.75, 3.05) is 13.1 Å². The Labute approximate surface area is 120 Å². The van der Waals surface area contributed by atoms with Crippen molar-refractivity contribution < 1.29 is 4.79 Å². The van der Waals surface area contributed by atoms with Crippen LogP contribution in [0.15, 0.2) is 23.8 Å². The summed E-state index contributed by atoms with van der Waals surface area (Å²) in [5.74, 6) is 0.535. The maximum atomic E-state index is 10.9. The van der Waals surface area contributed by atoms with Gasteiger partial charge in [0.15, 0.2) is 12.1 Å². The number of carbonyl (C=O) groups is 1. The Balaban J connectivity index is 2.01. The highest BCUT2D eigenvalue weighted by molar-refractivity contribution is 5.69. The van der Waals surface area contributed by atoms with Crippen molar-refractivity contribution in [2.45, 2.75) is 33.2 Å². The first-order valence-corrected chi connectivity index (χ1v) is 7.09. The number of rotatable bonds is 5. The monoisotopic (exact) mass is 273 g/mol. The van der Waals surface area contributed by atoms with E-state index in [-0.39, 0.29) is 0 Å². The second kappa shape index (κ2) is 6.18. The van der Waals surface area contributed by atoms with Crippen LogP contribution in [-0.2, 0) is 20.0 Å². The Morgan fingerprint density at radius 1 is 1.50 bits per heavy atom. The summed E-state index contributed by atoms with van der Waals surface area (Å²) in [5.41, 5.74) is 4.73. The maximum Gasteiger partial charge on any atom is 0.185 e. The highest BCUT2D eigenvalue weighted by Gasteiger charge is 2.22. The molecule has 0 aromatic carbocycles. The largest absolute Gasteiger partial charge is 0.329 e. The van der Waals surface area contributed by atoms with E-state index in [1.165, 1.54) is 11.3 Å². The Hall–Kier alpha value is -1.68. The zero-order valence-electron chi connectivity index (χ0n) is 12.6. The first-order valence-electron chi connectivity index (χ1n) is 7.09. The van der Waals surface area contributed by atoms with Crippen molar-refractivity contribution in [3.05, 3.63) is 41.0 Å². The smallest absolute Gasteiger partial charge is 0.185 e. The number of imidazole rings is 1. The van der Waals surface area contributed by atoms with Gasteiger partial charge in [0.1, 0.15) is 0 Å². The van der Waals surface area contributed by atoms with E-state index in [9.17, 15) is 4.79 Å². The van der Waals surface area contributed by atoms with E-state index in [1.807, 2.05) is 11.6 Å². The summed E-state index contributed by atoms with van der Waals surface area (Å²) in [5, 5.41) is 0. The van der Waals surface area contributed by atoms with Crippen LogP contribution in [0.25, 0.3) is 0 Å². The van der Waals surface area contributed by atoms with Crippen LogP contribution < -0.4 is 0 Å². The van der Waals surface area contributed by atoms with Gasteiger partial charge in [0, 0.05) is 38.8 Å². The highest BCUT2D eigenvalue weighted by Crippen LogP contribution is 2.20. The number of aromatic nitrogens is 2. The second-order valence-electron chi connectivity index (χ2n) is 5.41. The molecule has 0 spiro atoms. The molecular formula is C16H23N3O. The van der Waals surface area contributed by atoms with Gasteiger partial charge in [-0.3, -0.25) is 9.69 Å². The minimum atomic E-state index is 0.535. The van der Waals surface area contributed by atoms with E-state index < -0.39 is 0 Å². The average Bonchev–Trinajstić information content (AvgIpc) is 2.75. The molecule has 108 valence electrons. The summed E-state index contributed by atoms with van der Waals surface area (Å²) in [6.07, 6.45) is 4.96. The topological polar surface area (TPSA) is 38.1 Å². The zero-order chi connectivity index (χ0) is 14.7. The average molecular weight is 273 g/mol. The SMILES string of the molecule is C=C(C)/C(=C/C)CCN1CCc2c(nc(C=O)n2C)C1. The summed E-state index contributed by atoms with van der Waals surface area (Å²) in [4.78, 5) is 17.8. The number of hydrogen-bond acceptors (Lipinski definition) is 3. The van der Waals surface area contributed by atoms with E-state index in [0.717, 1.165) is 50.0 Å². The second-order valence-corrected chi connectivity index (χ2v) is 5.41. The van der Waals surface area contributed by atoms with E-state index >= 15 is 0 Å². The van der Waals surface area contributed by atoms with Crippen LogP contribution in [0.4, 0.5) is 0 Å². The molecule has 4 heteroatoms. The van der Waals surface area contributed by atoms with Crippen molar-refractivity contribution in [1.82, 2.24) is 14.5 Å². The van der Waals surface area contributed by atoms with Crippen molar-refractivity contribution >= 4 is 6.29 Å². The first-order chi connectivity index (χ1) is 9.56. The van der Waals surface area contributed by atoms with Gasteiger partial charge in [0.05, 0.1) is 5.69 Å². The van der Waals surface area contributed by atoms with Gasteiger partial charge in [-0.05, 0) is 25.8 Å². The molecule has 1 aromatic rings. The van der Waals surface area contributed by atoms with Crippen LogP contribution in [0.5, 0.6) is 0 Å². The van der Waals surface area contributed by atoms with Gasteiger partial charge in [-0.25, -0.2) is 4.98 Å². The van der Waals surface area contributed by atoms with Crippen LogP contribution in [-0.4, -0.2) is 33.8 Å². The Bertz CT molecular complexity index is 554. The number of nitrogens with zero attached hydrogens (tertiary/aromatic N) is 3. The number of fused-ring (bicyclic) bond motifs is 1. The highest BCUT2D eigenvalue weighted by atomic mass is 16.1. The summed E-state index contributed by atoms with van der Waals surface area (Å²) in [6.45, 7) is 11.0. The standard InChI is InChI=1S/C16H23N3O/c1-5-13(12(2)3)6-8-19-9-7-15-14(10-19)17-16(11-20)18(15)4/h5,11H,2,6-10H2,1,3-4H3/b13-5+. The quantitative estimate of drug-likeness (QED) is 0.611. The molecule has 4 nitrogen and oxygen atoms in total. The molecule has 0 atom stereocenters. The first kappa shape index (κ1) is 14.7. The lowest BCUT2D eigenvalue weighted by Crippen LogP contribution is -2.32. The Morgan fingerprint density at radius 2 is 2.25 bits per heavy atom. The minimum Gasteiger partial charge on any atom is -0.329 e. The van der Waals surface area contributed by atoms with Crippen molar-refractivity contribution in [3.63, 3.8) is 0 Å². The molecule has 0 saturated carbocycles. The van der Waals surface area contributed by atoms with Crippen molar-refractivity contribution in [1.29, 1.82) is 0 Å². The summed E-state index contributed by atoms with van der Waals surface area (Å²) >= 11 is 0. The van der Waals surface area contributed by atoms with Crippen molar-refractivity contribution in [2.24, 2.45) is 7.05 Å². The van der Waals surface area contributed by atoms with E-state index in [2.05, 4.69) is 36.4 Å². The molecule has 20 heavy (non-hydrogen) atoms. The van der Waals surface area contributed by atoms with Gasteiger partial charge >= 0.3 is 0 Å². The minimum absolute atomic E-state index is 0.535. The van der Waals surface area contributed by atoms with Gasteiger partial charge in [-0.1, -0.05) is 18.2 Å². The molecule has 2 heterocycles. The van der Waals surface area contributed by atoms with Gasteiger partial charge in [-0.15, -0.1) is 0 Å². The molecule has 0 N–H and O–H groups in total. The third kappa shape index (κ3) is 2.90. The summed E-state index contributed by atoms with van der Waals surface area (Å²) in [7, 11) is 1.92. The lowest BCUT2D eigenvalue weighted by atomic mass is 10.0. The Morgan fingerprint density at radius 3 is 2.85 bits per heavy atom. The van der Waals surface area contributed by atoms with Crippen LogP contribution in [0.2, 0.25) is 0 Å². The van der Waals surface area contributed by atoms with Crippen molar-refractivity contribution in [3.8, 4) is 0 Å². The van der Waals surface area contributed by atoms with Crippen LogP contribution in [0.1, 0.15) is 42.3 Å². The predicted octanol–water partition coefficient (Wildman–Crippen LogP) is 2.50. The number of hydrogen-bond donors (Lipinski definition) is 0.